The maximum absolute atomic E-state index is 12.8. The van der Waals surface area contributed by atoms with Crippen LogP contribution in [0.2, 0.25) is 0 Å². The molecular weight excluding hydrogens is 480 g/mol. The van der Waals surface area contributed by atoms with Gasteiger partial charge in [-0.1, -0.05) is 91.0 Å². The normalized spacial score (nSPS) is 13.8. The van der Waals surface area contributed by atoms with E-state index in [1.165, 1.54) is 13.4 Å². The molecule has 0 amide bonds. The molecule has 0 unspecified atom stereocenters. The molecule has 1 aromatic heterocycles. The molecule has 38 heavy (non-hydrogen) atoms. The Hall–Kier alpha value is -4.27. The van der Waals surface area contributed by atoms with Gasteiger partial charge in [0.1, 0.15) is 12.1 Å². The van der Waals surface area contributed by atoms with Crippen LogP contribution in [-0.2, 0) is 26.3 Å². The fourth-order valence-corrected chi connectivity index (χ4v) is 4.83. The van der Waals surface area contributed by atoms with Crippen molar-refractivity contribution in [2.75, 3.05) is 7.11 Å². The van der Waals surface area contributed by atoms with Gasteiger partial charge in [-0.15, -0.1) is 0 Å². The summed E-state index contributed by atoms with van der Waals surface area (Å²) in [6, 6.07) is 26.8. The summed E-state index contributed by atoms with van der Waals surface area (Å²) in [6.45, 7) is 1.75. The summed E-state index contributed by atoms with van der Waals surface area (Å²) in [4.78, 5) is 32.5. The van der Waals surface area contributed by atoms with Crippen LogP contribution in [0.4, 0.5) is 0 Å². The van der Waals surface area contributed by atoms with E-state index in [-0.39, 0.29) is 6.42 Å². The number of H-pyrrole nitrogens is 1. The van der Waals surface area contributed by atoms with Gasteiger partial charge in [0.25, 0.3) is 0 Å². The highest BCUT2D eigenvalue weighted by Crippen LogP contribution is 2.37. The first kappa shape index (κ1) is 26.8. The molecule has 8 heteroatoms. The standard InChI is InChI=1S/C30H32N4O4/c1-21(33-26(29(37)38-2)18-25-19-31-20-32-25)27(28(35)36)34-30(22-12-6-3-7-13-22,23-14-8-4-9-15-23)24-16-10-5-11-17-24/h3-17,19-21,26-27,33-34H,18H2,1-2H3,(H,31,32)(H,35,36)/t21-,26+,27+/m1/s1. The molecular formula is C30H32N4O4. The molecule has 8 nitrogen and oxygen atoms in total. The number of carbonyl (C=O) groups excluding carboxylic acids is 1. The van der Waals surface area contributed by atoms with Gasteiger partial charge in [-0.3, -0.25) is 20.2 Å². The van der Waals surface area contributed by atoms with Gasteiger partial charge in [0, 0.05) is 18.7 Å². The first-order valence-electron chi connectivity index (χ1n) is 12.4. The first-order valence-corrected chi connectivity index (χ1v) is 12.4. The number of hydrogen-bond acceptors (Lipinski definition) is 6. The molecule has 0 bridgehead atoms. The number of benzene rings is 3. The van der Waals surface area contributed by atoms with Crippen molar-refractivity contribution in [1.82, 2.24) is 20.6 Å². The summed E-state index contributed by atoms with van der Waals surface area (Å²) in [7, 11) is 1.31. The number of aromatic nitrogens is 2. The molecule has 0 spiro atoms. The fraction of sp³-hybridized carbons (Fsp3) is 0.233. The van der Waals surface area contributed by atoms with Gasteiger partial charge in [-0.2, -0.15) is 0 Å². The van der Waals surface area contributed by atoms with Crippen molar-refractivity contribution in [2.24, 2.45) is 0 Å². The Kier molecular flexibility index (Phi) is 8.68. The molecule has 3 aromatic carbocycles. The van der Waals surface area contributed by atoms with Crippen molar-refractivity contribution < 1.29 is 19.4 Å². The molecule has 0 fully saturated rings. The Labute approximate surface area is 222 Å². The zero-order valence-electron chi connectivity index (χ0n) is 21.4. The van der Waals surface area contributed by atoms with Crippen LogP contribution in [0.3, 0.4) is 0 Å². The average Bonchev–Trinajstić information content (AvgIpc) is 3.47. The van der Waals surface area contributed by atoms with E-state index in [0.29, 0.717) is 5.69 Å². The minimum Gasteiger partial charge on any atom is -0.480 e. The van der Waals surface area contributed by atoms with E-state index in [0.717, 1.165) is 16.7 Å². The molecule has 4 aromatic rings. The van der Waals surface area contributed by atoms with Gasteiger partial charge >= 0.3 is 11.9 Å². The molecule has 0 radical (unpaired) electrons. The number of methoxy groups -OCH3 is 1. The Bertz CT molecular complexity index is 1200. The first-order chi connectivity index (χ1) is 18.5. The predicted octanol–water partition coefficient (Wildman–Crippen LogP) is 3.51. The molecule has 0 aliphatic heterocycles. The van der Waals surface area contributed by atoms with E-state index in [1.807, 2.05) is 91.0 Å². The second kappa shape index (κ2) is 12.3. The average molecular weight is 513 g/mol. The predicted molar refractivity (Wildman–Crippen MR) is 144 cm³/mol. The number of rotatable bonds is 12. The van der Waals surface area contributed by atoms with E-state index in [4.69, 9.17) is 4.74 Å². The van der Waals surface area contributed by atoms with Crippen molar-refractivity contribution in [3.63, 3.8) is 0 Å². The topological polar surface area (TPSA) is 116 Å². The van der Waals surface area contributed by atoms with Gasteiger partial charge in [0.15, 0.2) is 0 Å². The van der Waals surface area contributed by atoms with Gasteiger partial charge in [-0.25, -0.2) is 4.98 Å². The third-order valence-corrected chi connectivity index (χ3v) is 6.68. The second-order valence-corrected chi connectivity index (χ2v) is 9.10. The molecule has 4 N–H and O–H groups in total. The number of hydrogen-bond donors (Lipinski definition) is 4. The monoisotopic (exact) mass is 512 g/mol. The van der Waals surface area contributed by atoms with Gasteiger partial charge in [0.05, 0.1) is 24.7 Å². The number of carboxylic acid groups (broad SMARTS) is 1. The van der Waals surface area contributed by atoms with Crippen LogP contribution in [0, 0.1) is 0 Å². The van der Waals surface area contributed by atoms with E-state index in [2.05, 4.69) is 20.6 Å². The number of aliphatic carboxylic acids is 1. The number of aromatic amines is 1. The molecule has 196 valence electrons. The molecule has 0 saturated carbocycles. The molecule has 0 aliphatic rings. The van der Waals surface area contributed by atoms with Crippen molar-refractivity contribution in [1.29, 1.82) is 0 Å². The van der Waals surface area contributed by atoms with Crippen molar-refractivity contribution in [3.05, 3.63) is 126 Å². The molecule has 3 atom stereocenters. The van der Waals surface area contributed by atoms with Crippen LogP contribution < -0.4 is 10.6 Å². The lowest BCUT2D eigenvalue weighted by atomic mass is 9.76. The largest absolute Gasteiger partial charge is 0.480 e. The minimum atomic E-state index is -1.10. The molecule has 1 heterocycles. The number of nitrogens with one attached hydrogen (secondary N) is 3. The summed E-state index contributed by atoms with van der Waals surface area (Å²) in [5, 5.41) is 17.2. The summed E-state index contributed by atoms with van der Waals surface area (Å²) in [6.07, 6.45) is 3.47. The van der Waals surface area contributed by atoms with Crippen LogP contribution >= 0.6 is 0 Å². The smallest absolute Gasteiger partial charge is 0.323 e. The number of carbonyl (C=O) groups is 2. The summed E-state index contributed by atoms with van der Waals surface area (Å²) < 4.78 is 5.00. The minimum absolute atomic E-state index is 0.244. The highest BCUT2D eigenvalue weighted by molar-refractivity contribution is 5.77. The van der Waals surface area contributed by atoms with Gasteiger partial charge in [0.2, 0.25) is 0 Å². The zero-order chi connectivity index (χ0) is 27.0. The van der Waals surface area contributed by atoms with E-state index in [1.54, 1.807) is 13.1 Å². The number of imidazole rings is 1. The van der Waals surface area contributed by atoms with Crippen LogP contribution in [0.15, 0.2) is 104 Å². The Balaban J connectivity index is 1.77. The molecule has 4 rings (SSSR count). The maximum Gasteiger partial charge on any atom is 0.323 e. The van der Waals surface area contributed by atoms with Crippen molar-refractivity contribution in [2.45, 2.75) is 37.0 Å². The third kappa shape index (κ3) is 5.82. The van der Waals surface area contributed by atoms with Crippen molar-refractivity contribution >= 4 is 11.9 Å². The number of ether oxygens (including phenoxy) is 1. The lowest BCUT2D eigenvalue weighted by Gasteiger charge is -2.41. The van der Waals surface area contributed by atoms with E-state index in [9.17, 15) is 14.7 Å². The number of nitrogens with zero attached hydrogens (tertiary/aromatic N) is 1. The van der Waals surface area contributed by atoms with Crippen molar-refractivity contribution in [3.8, 4) is 0 Å². The Morgan fingerprint density at radius 2 is 1.42 bits per heavy atom. The lowest BCUT2D eigenvalue weighted by molar-refractivity contribution is -0.145. The van der Waals surface area contributed by atoms with Crippen LogP contribution in [0.5, 0.6) is 0 Å². The van der Waals surface area contributed by atoms with Gasteiger partial charge in [-0.05, 0) is 23.6 Å². The van der Waals surface area contributed by atoms with E-state index < -0.39 is 35.6 Å². The summed E-state index contributed by atoms with van der Waals surface area (Å²) in [5.74, 6) is -1.55. The number of carboxylic acids is 1. The van der Waals surface area contributed by atoms with E-state index >= 15 is 0 Å². The van der Waals surface area contributed by atoms with Crippen LogP contribution in [0.25, 0.3) is 0 Å². The maximum atomic E-state index is 12.8. The summed E-state index contributed by atoms with van der Waals surface area (Å²) >= 11 is 0. The highest BCUT2D eigenvalue weighted by atomic mass is 16.5. The van der Waals surface area contributed by atoms with Gasteiger partial charge < -0.3 is 14.8 Å². The Morgan fingerprint density at radius 3 is 1.82 bits per heavy atom. The summed E-state index contributed by atoms with van der Waals surface area (Å²) in [5.41, 5.74) is 2.32. The molecule has 0 saturated heterocycles. The quantitative estimate of drug-likeness (QED) is 0.170. The zero-order valence-corrected chi connectivity index (χ0v) is 21.4. The third-order valence-electron chi connectivity index (χ3n) is 6.68. The lowest BCUT2D eigenvalue weighted by Crippen LogP contribution is -2.61. The molecule has 0 aliphatic carbocycles. The fourth-order valence-electron chi connectivity index (χ4n) is 4.83. The SMILES string of the molecule is COC(=O)[C@H](Cc1c[nH]cn1)N[C@H](C)[C@H](NC(c1ccccc1)(c1ccccc1)c1ccccc1)C(=O)O. The van der Waals surface area contributed by atoms with Crippen LogP contribution in [0.1, 0.15) is 29.3 Å². The Morgan fingerprint density at radius 1 is 0.921 bits per heavy atom. The highest BCUT2D eigenvalue weighted by Gasteiger charge is 2.42. The number of esters is 1. The second-order valence-electron chi connectivity index (χ2n) is 9.10. The van der Waals surface area contributed by atoms with Crippen LogP contribution in [-0.4, -0.2) is 52.2 Å².